The molecule has 128 valence electrons. The number of hydrogen-bond donors (Lipinski definition) is 1. The van der Waals surface area contributed by atoms with Crippen LogP contribution in [0.3, 0.4) is 0 Å². The van der Waals surface area contributed by atoms with Crippen LogP contribution in [0.2, 0.25) is 0 Å². The fourth-order valence-electron chi connectivity index (χ4n) is 2.63. The third-order valence-corrected chi connectivity index (χ3v) is 5.30. The SMILES string of the molecule is CCc1ccc(C(=O)NCc2ccc(OC[C@H]3CCCO3)cc2)s1. The van der Waals surface area contributed by atoms with Crippen LogP contribution in [0, 0.1) is 0 Å². The maximum absolute atomic E-state index is 12.1. The molecule has 4 nitrogen and oxygen atoms in total. The van der Waals surface area contributed by atoms with E-state index in [1.165, 1.54) is 4.88 Å². The van der Waals surface area contributed by atoms with Crippen LogP contribution in [0.4, 0.5) is 0 Å². The minimum Gasteiger partial charge on any atom is -0.491 e. The average molecular weight is 345 g/mol. The van der Waals surface area contributed by atoms with Crippen molar-refractivity contribution in [2.75, 3.05) is 13.2 Å². The van der Waals surface area contributed by atoms with Crippen LogP contribution >= 0.6 is 11.3 Å². The van der Waals surface area contributed by atoms with Crippen LogP contribution in [-0.2, 0) is 17.7 Å². The number of aryl methyl sites for hydroxylation is 1. The lowest BCUT2D eigenvalue weighted by atomic mass is 10.2. The predicted octanol–water partition coefficient (Wildman–Crippen LogP) is 3.80. The molecule has 2 heterocycles. The van der Waals surface area contributed by atoms with Crippen LogP contribution in [0.25, 0.3) is 0 Å². The van der Waals surface area contributed by atoms with Gasteiger partial charge in [-0.15, -0.1) is 11.3 Å². The van der Waals surface area contributed by atoms with Crippen molar-refractivity contribution in [3.05, 3.63) is 51.7 Å². The smallest absolute Gasteiger partial charge is 0.261 e. The minimum absolute atomic E-state index is 0.0154. The van der Waals surface area contributed by atoms with Crippen LogP contribution in [-0.4, -0.2) is 25.2 Å². The molecule has 1 aliphatic heterocycles. The molecule has 0 saturated carbocycles. The van der Waals surface area contributed by atoms with E-state index < -0.39 is 0 Å². The molecule has 1 fully saturated rings. The van der Waals surface area contributed by atoms with Gasteiger partial charge in [0.1, 0.15) is 12.4 Å². The van der Waals surface area contributed by atoms with E-state index >= 15 is 0 Å². The van der Waals surface area contributed by atoms with Crippen molar-refractivity contribution in [1.29, 1.82) is 0 Å². The molecular formula is C19H23NO3S. The van der Waals surface area contributed by atoms with E-state index in [-0.39, 0.29) is 12.0 Å². The first-order valence-electron chi connectivity index (χ1n) is 8.45. The van der Waals surface area contributed by atoms with Gasteiger partial charge in [-0.2, -0.15) is 0 Å². The Labute approximate surface area is 146 Å². The summed E-state index contributed by atoms with van der Waals surface area (Å²) in [7, 11) is 0. The highest BCUT2D eigenvalue weighted by Gasteiger charge is 2.15. The van der Waals surface area contributed by atoms with E-state index in [4.69, 9.17) is 9.47 Å². The van der Waals surface area contributed by atoms with Crippen LogP contribution in [0.15, 0.2) is 36.4 Å². The fraction of sp³-hybridized carbons (Fsp3) is 0.421. The molecule has 0 spiro atoms. The van der Waals surface area contributed by atoms with E-state index in [0.717, 1.165) is 42.1 Å². The number of carbonyl (C=O) groups is 1. The molecule has 2 aromatic rings. The van der Waals surface area contributed by atoms with Crippen molar-refractivity contribution in [1.82, 2.24) is 5.32 Å². The first kappa shape index (κ1) is 17.0. The highest BCUT2D eigenvalue weighted by atomic mass is 32.1. The summed E-state index contributed by atoms with van der Waals surface area (Å²) in [6.45, 7) is 4.06. The maximum Gasteiger partial charge on any atom is 0.261 e. The number of thiophene rings is 1. The lowest BCUT2D eigenvalue weighted by Crippen LogP contribution is -2.21. The molecule has 24 heavy (non-hydrogen) atoms. The van der Waals surface area contributed by atoms with Crippen molar-refractivity contribution >= 4 is 17.2 Å². The Kier molecular flexibility index (Phi) is 5.88. The van der Waals surface area contributed by atoms with Crippen LogP contribution in [0.5, 0.6) is 5.75 Å². The normalized spacial score (nSPS) is 17.0. The Morgan fingerprint density at radius 1 is 1.29 bits per heavy atom. The third-order valence-electron chi connectivity index (χ3n) is 4.07. The summed E-state index contributed by atoms with van der Waals surface area (Å²) in [4.78, 5) is 14.1. The van der Waals surface area contributed by atoms with E-state index in [1.54, 1.807) is 11.3 Å². The van der Waals surface area contributed by atoms with Gasteiger partial charge < -0.3 is 14.8 Å². The Morgan fingerprint density at radius 3 is 2.79 bits per heavy atom. The van der Waals surface area contributed by atoms with Gasteiger partial charge in [-0.25, -0.2) is 0 Å². The zero-order valence-electron chi connectivity index (χ0n) is 13.9. The molecule has 0 aliphatic carbocycles. The second-order valence-electron chi connectivity index (χ2n) is 5.89. The Morgan fingerprint density at radius 2 is 2.12 bits per heavy atom. The summed E-state index contributed by atoms with van der Waals surface area (Å²) in [6, 6.07) is 11.8. The maximum atomic E-state index is 12.1. The summed E-state index contributed by atoms with van der Waals surface area (Å²) < 4.78 is 11.3. The zero-order chi connectivity index (χ0) is 16.8. The highest BCUT2D eigenvalue weighted by molar-refractivity contribution is 7.14. The van der Waals surface area contributed by atoms with Gasteiger partial charge in [0.25, 0.3) is 5.91 Å². The Hall–Kier alpha value is -1.85. The second-order valence-corrected chi connectivity index (χ2v) is 7.06. The minimum atomic E-state index is -0.0154. The van der Waals surface area contributed by atoms with Gasteiger partial charge in [-0.3, -0.25) is 4.79 Å². The third kappa shape index (κ3) is 4.58. The molecule has 1 aromatic carbocycles. The van der Waals surface area contributed by atoms with Crippen molar-refractivity contribution in [3.8, 4) is 5.75 Å². The molecular weight excluding hydrogens is 322 g/mol. The van der Waals surface area contributed by atoms with Gasteiger partial charge >= 0.3 is 0 Å². The topological polar surface area (TPSA) is 47.6 Å². The largest absolute Gasteiger partial charge is 0.491 e. The Bertz CT molecular complexity index is 660. The fourth-order valence-corrected chi connectivity index (χ4v) is 3.49. The summed E-state index contributed by atoms with van der Waals surface area (Å²) >= 11 is 1.55. The molecule has 5 heteroatoms. The van der Waals surface area contributed by atoms with E-state index in [0.29, 0.717) is 13.2 Å². The van der Waals surface area contributed by atoms with Gasteiger partial charge in [-0.05, 0) is 49.1 Å². The number of carbonyl (C=O) groups excluding carboxylic acids is 1. The monoisotopic (exact) mass is 345 g/mol. The summed E-state index contributed by atoms with van der Waals surface area (Å²) in [5.74, 6) is 0.824. The van der Waals surface area contributed by atoms with E-state index in [1.807, 2.05) is 36.4 Å². The molecule has 0 unspecified atom stereocenters. The quantitative estimate of drug-likeness (QED) is 0.830. The van der Waals surface area contributed by atoms with Gasteiger partial charge in [0.05, 0.1) is 11.0 Å². The van der Waals surface area contributed by atoms with Crippen molar-refractivity contribution in [2.24, 2.45) is 0 Å². The van der Waals surface area contributed by atoms with Gasteiger partial charge in [0, 0.05) is 18.0 Å². The second kappa shape index (κ2) is 8.31. The van der Waals surface area contributed by atoms with Crippen LogP contribution < -0.4 is 10.1 Å². The van der Waals surface area contributed by atoms with Crippen molar-refractivity contribution in [3.63, 3.8) is 0 Å². The van der Waals surface area contributed by atoms with Crippen molar-refractivity contribution in [2.45, 2.75) is 38.8 Å². The molecule has 1 saturated heterocycles. The van der Waals surface area contributed by atoms with Gasteiger partial charge in [0.2, 0.25) is 0 Å². The molecule has 1 amide bonds. The Balaban J connectivity index is 1.46. The van der Waals surface area contributed by atoms with Crippen LogP contribution in [0.1, 0.15) is 39.9 Å². The van der Waals surface area contributed by atoms with Gasteiger partial charge in [-0.1, -0.05) is 19.1 Å². The first-order valence-corrected chi connectivity index (χ1v) is 9.26. The number of benzene rings is 1. The van der Waals surface area contributed by atoms with E-state index in [9.17, 15) is 4.79 Å². The number of amides is 1. The van der Waals surface area contributed by atoms with E-state index in [2.05, 4.69) is 12.2 Å². The number of ether oxygens (including phenoxy) is 2. The standard InChI is InChI=1S/C19H23NO3S/c1-2-17-9-10-18(24-17)19(21)20-12-14-5-7-15(8-6-14)23-13-16-4-3-11-22-16/h5-10,16H,2-4,11-13H2,1H3,(H,20,21)/t16-/m1/s1. The average Bonchev–Trinajstić information content (AvgIpc) is 3.30. The molecule has 0 bridgehead atoms. The first-order chi connectivity index (χ1) is 11.7. The molecule has 1 atom stereocenters. The van der Waals surface area contributed by atoms with Gasteiger partial charge in [0.15, 0.2) is 0 Å². The molecule has 1 aromatic heterocycles. The predicted molar refractivity (Wildman–Crippen MR) is 95.8 cm³/mol. The summed E-state index contributed by atoms with van der Waals surface area (Å²) in [5, 5.41) is 2.96. The number of hydrogen-bond acceptors (Lipinski definition) is 4. The molecule has 0 radical (unpaired) electrons. The highest BCUT2D eigenvalue weighted by Crippen LogP contribution is 2.18. The number of rotatable bonds is 7. The summed E-state index contributed by atoms with van der Waals surface area (Å²) in [6.07, 6.45) is 3.39. The lowest BCUT2D eigenvalue weighted by Gasteiger charge is -2.12. The molecule has 1 aliphatic rings. The summed E-state index contributed by atoms with van der Waals surface area (Å²) in [5.41, 5.74) is 1.06. The van der Waals surface area contributed by atoms with Crippen molar-refractivity contribution < 1.29 is 14.3 Å². The zero-order valence-corrected chi connectivity index (χ0v) is 14.7. The molecule has 3 rings (SSSR count). The number of nitrogens with one attached hydrogen (secondary N) is 1. The molecule has 1 N–H and O–H groups in total. The lowest BCUT2D eigenvalue weighted by molar-refractivity contribution is 0.0679.